The Hall–Kier alpha value is -0.590. The van der Waals surface area contributed by atoms with Crippen molar-refractivity contribution in [3.05, 3.63) is 11.9 Å². The molecule has 1 aromatic heterocycles. The average molecular weight is 269 g/mol. The molecule has 5 nitrogen and oxygen atoms in total. The first-order valence-electron chi connectivity index (χ1n) is 6.60. The lowest BCUT2D eigenvalue weighted by Gasteiger charge is -2.37. The fourth-order valence-corrected chi connectivity index (χ4v) is 3.41. The summed E-state index contributed by atoms with van der Waals surface area (Å²) in [6.45, 7) is 8.61. The first kappa shape index (κ1) is 13.8. The topological polar surface area (TPSA) is 46.0 Å². The Labute approximate surface area is 113 Å². The van der Waals surface area contributed by atoms with Gasteiger partial charge in [0.2, 0.25) is 0 Å². The number of thioether (sulfide) groups is 1. The molecule has 2 unspecified atom stereocenters. The van der Waals surface area contributed by atoms with Crippen molar-refractivity contribution in [1.29, 1.82) is 0 Å². The van der Waals surface area contributed by atoms with Crippen LogP contribution in [0, 0.1) is 0 Å². The standard InChI is InChI=1S/C12H23N5S/c1-10-11(2)18-7-6-16(10)4-5-17-9-12(8-13-3)14-15-17/h9-11,13H,4-8H2,1-3H3. The summed E-state index contributed by atoms with van der Waals surface area (Å²) in [5.74, 6) is 1.24. The molecular formula is C12H23N5S. The molecule has 0 aromatic carbocycles. The van der Waals surface area contributed by atoms with Crippen LogP contribution in [0.25, 0.3) is 0 Å². The van der Waals surface area contributed by atoms with Crippen LogP contribution >= 0.6 is 11.8 Å². The monoisotopic (exact) mass is 269 g/mol. The first-order chi connectivity index (χ1) is 8.70. The van der Waals surface area contributed by atoms with Gasteiger partial charge in [-0.1, -0.05) is 12.1 Å². The van der Waals surface area contributed by atoms with Gasteiger partial charge in [0.15, 0.2) is 0 Å². The van der Waals surface area contributed by atoms with E-state index < -0.39 is 0 Å². The highest BCUT2D eigenvalue weighted by atomic mass is 32.2. The summed E-state index contributed by atoms with van der Waals surface area (Å²) in [7, 11) is 1.92. The zero-order chi connectivity index (χ0) is 13.0. The quantitative estimate of drug-likeness (QED) is 0.857. The predicted octanol–water partition coefficient (Wildman–Crippen LogP) is 0.823. The predicted molar refractivity (Wildman–Crippen MR) is 75.7 cm³/mol. The van der Waals surface area contributed by atoms with Gasteiger partial charge >= 0.3 is 0 Å². The normalized spacial score (nSPS) is 25.5. The van der Waals surface area contributed by atoms with E-state index in [4.69, 9.17) is 0 Å². The number of nitrogens with one attached hydrogen (secondary N) is 1. The average Bonchev–Trinajstić information content (AvgIpc) is 2.79. The van der Waals surface area contributed by atoms with E-state index in [9.17, 15) is 0 Å². The summed E-state index contributed by atoms with van der Waals surface area (Å²) >= 11 is 2.08. The molecule has 2 heterocycles. The molecule has 1 aliphatic rings. The lowest BCUT2D eigenvalue weighted by Crippen LogP contribution is -2.45. The van der Waals surface area contributed by atoms with E-state index in [0.717, 1.165) is 30.6 Å². The molecule has 6 heteroatoms. The Morgan fingerprint density at radius 2 is 2.28 bits per heavy atom. The van der Waals surface area contributed by atoms with E-state index in [-0.39, 0.29) is 0 Å². The molecule has 102 valence electrons. The van der Waals surface area contributed by atoms with Crippen molar-refractivity contribution in [1.82, 2.24) is 25.2 Å². The van der Waals surface area contributed by atoms with Crippen molar-refractivity contribution in [2.75, 3.05) is 25.9 Å². The van der Waals surface area contributed by atoms with Crippen molar-refractivity contribution in [2.24, 2.45) is 0 Å². The first-order valence-corrected chi connectivity index (χ1v) is 7.65. The lowest BCUT2D eigenvalue weighted by molar-refractivity contribution is 0.202. The Morgan fingerprint density at radius 1 is 1.44 bits per heavy atom. The molecule has 18 heavy (non-hydrogen) atoms. The summed E-state index contributed by atoms with van der Waals surface area (Å²) < 4.78 is 1.95. The van der Waals surface area contributed by atoms with Gasteiger partial charge < -0.3 is 5.32 Å². The van der Waals surface area contributed by atoms with Crippen molar-refractivity contribution >= 4 is 11.8 Å². The smallest absolute Gasteiger partial charge is 0.0964 e. The number of rotatable bonds is 5. The van der Waals surface area contributed by atoms with Crippen LogP contribution in [-0.2, 0) is 13.1 Å². The van der Waals surface area contributed by atoms with E-state index >= 15 is 0 Å². The molecule has 1 aromatic rings. The second-order valence-electron chi connectivity index (χ2n) is 4.86. The molecule has 1 saturated heterocycles. The van der Waals surface area contributed by atoms with Crippen molar-refractivity contribution in [2.45, 2.75) is 38.2 Å². The number of nitrogens with zero attached hydrogens (tertiary/aromatic N) is 4. The molecule has 0 saturated carbocycles. The van der Waals surface area contributed by atoms with Gasteiger partial charge in [0.1, 0.15) is 0 Å². The number of aromatic nitrogens is 3. The van der Waals surface area contributed by atoms with Crippen molar-refractivity contribution < 1.29 is 0 Å². The van der Waals surface area contributed by atoms with E-state index in [1.165, 1.54) is 12.3 Å². The maximum absolute atomic E-state index is 4.16. The van der Waals surface area contributed by atoms with E-state index in [2.05, 4.69) is 46.1 Å². The SMILES string of the molecule is CNCc1cn(CCN2CCSC(C)C2C)nn1. The summed E-state index contributed by atoms with van der Waals surface area (Å²) in [5, 5.41) is 12.1. The molecule has 1 N–H and O–H groups in total. The maximum Gasteiger partial charge on any atom is 0.0964 e. The van der Waals surface area contributed by atoms with Gasteiger partial charge in [-0.2, -0.15) is 11.8 Å². The number of hydrogen-bond acceptors (Lipinski definition) is 5. The van der Waals surface area contributed by atoms with Gasteiger partial charge in [-0.05, 0) is 14.0 Å². The van der Waals surface area contributed by atoms with Crippen LogP contribution in [-0.4, -0.2) is 57.1 Å². The highest BCUT2D eigenvalue weighted by Crippen LogP contribution is 2.23. The van der Waals surface area contributed by atoms with Crippen LogP contribution in [0.1, 0.15) is 19.5 Å². The van der Waals surface area contributed by atoms with Gasteiger partial charge in [0.25, 0.3) is 0 Å². The van der Waals surface area contributed by atoms with Crippen LogP contribution < -0.4 is 5.32 Å². The second kappa shape index (κ2) is 6.54. The molecule has 2 rings (SSSR count). The summed E-state index contributed by atoms with van der Waals surface area (Å²) in [6, 6.07) is 0.657. The zero-order valence-corrected chi connectivity index (χ0v) is 12.3. The molecule has 0 bridgehead atoms. The highest BCUT2D eigenvalue weighted by molar-refractivity contribution is 8.00. The van der Waals surface area contributed by atoms with E-state index in [1.54, 1.807) is 0 Å². The second-order valence-corrected chi connectivity index (χ2v) is 6.34. The van der Waals surface area contributed by atoms with Gasteiger partial charge in [-0.15, -0.1) is 5.10 Å². The van der Waals surface area contributed by atoms with Gasteiger partial charge in [0.05, 0.1) is 12.2 Å². The van der Waals surface area contributed by atoms with E-state index in [1.807, 2.05) is 17.9 Å². The molecule has 0 amide bonds. The Morgan fingerprint density at radius 3 is 3.06 bits per heavy atom. The number of hydrogen-bond donors (Lipinski definition) is 1. The van der Waals surface area contributed by atoms with Crippen LogP contribution in [0.3, 0.4) is 0 Å². The summed E-state index contributed by atoms with van der Waals surface area (Å²) in [6.07, 6.45) is 2.03. The third-order valence-electron chi connectivity index (χ3n) is 3.57. The molecule has 0 radical (unpaired) electrons. The fourth-order valence-electron chi connectivity index (χ4n) is 2.25. The van der Waals surface area contributed by atoms with Crippen LogP contribution in [0.4, 0.5) is 0 Å². The maximum atomic E-state index is 4.16. The minimum atomic E-state index is 0.657. The van der Waals surface area contributed by atoms with E-state index in [0.29, 0.717) is 6.04 Å². The van der Waals surface area contributed by atoms with Crippen molar-refractivity contribution in [3.63, 3.8) is 0 Å². The van der Waals surface area contributed by atoms with Gasteiger partial charge in [-0.25, -0.2) is 0 Å². The van der Waals surface area contributed by atoms with Crippen LogP contribution in [0.2, 0.25) is 0 Å². The molecule has 0 aliphatic carbocycles. The molecule has 2 atom stereocenters. The van der Waals surface area contributed by atoms with Crippen LogP contribution in [0.15, 0.2) is 6.20 Å². The summed E-state index contributed by atoms with van der Waals surface area (Å²) in [4.78, 5) is 2.56. The Balaban J connectivity index is 1.82. The van der Waals surface area contributed by atoms with Gasteiger partial charge in [0, 0.05) is 42.9 Å². The Bertz CT molecular complexity index is 367. The largest absolute Gasteiger partial charge is 0.314 e. The molecule has 0 spiro atoms. The minimum absolute atomic E-state index is 0.657. The summed E-state index contributed by atoms with van der Waals surface area (Å²) in [5.41, 5.74) is 1.01. The van der Waals surface area contributed by atoms with Crippen molar-refractivity contribution in [3.8, 4) is 0 Å². The lowest BCUT2D eigenvalue weighted by atomic mass is 10.2. The third kappa shape index (κ3) is 3.46. The third-order valence-corrected chi connectivity index (χ3v) is 4.91. The Kier molecular flexibility index (Phi) is 5.03. The molecule has 1 fully saturated rings. The molecule has 1 aliphatic heterocycles. The zero-order valence-electron chi connectivity index (χ0n) is 11.5. The molecular weight excluding hydrogens is 246 g/mol. The fraction of sp³-hybridized carbons (Fsp3) is 0.833. The minimum Gasteiger partial charge on any atom is -0.314 e. The van der Waals surface area contributed by atoms with Crippen LogP contribution in [0.5, 0.6) is 0 Å². The highest BCUT2D eigenvalue weighted by Gasteiger charge is 2.24. The van der Waals surface area contributed by atoms with Gasteiger partial charge in [-0.3, -0.25) is 9.58 Å².